The minimum atomic E-state index is 0.269. The maximum atomic E-state index is 12.4. The Morgan fingerprint density at radius 3 is 2.50 bits per heavy atom. The van der Waals surface area contributed by atoms with E-state index in [0.29, 0.717) is 5.91 Å². The maximum Gasteiger partial charge on any atom is 0.225 e. The van der Waals surface area contributed by atoms with Crippen molar-refractivity contribution in [3.8, 4) is 5.69 Å². The molecule has 1 aliphatic carbocycles. The third kappa shape index (κ3) is 3.42. The maximum absolute atomic E-state index is 12.4. The second-order valence-electron chi connectivity index (χ2n) is 8.43. The summed E-state index contributed by atoms with van der Waals surface area (Å²) in [5.74, 6) is 2.68. The summed E-state index contributed by atoms with van der Waals surface area (Å²) in [7, 11) is 0. The molecule has 2 fully saturated rings. The highest BCUT2D eigenvalue weighted by molar-refractivity contribution is 5.88. The third-order valence-electron chi connectivity index (χ3n) is 6.30. The van der Waals surface area contributed by atoms with Gasteiger partial charge in [0, 0.05) is 38.0 Å². The number of piperazine rings is 1. The molecular formula is C23H28N6O. The molecule has 1 amide bonds. The van der Waals surface area contributed by atoms with Gasteiger partial charge in [0.25, 0.3) is 0 Å². The van der Waals surface area contributed by atoms with E-state index in [2.05, 4.69) is 23.8 Å². The number of carbonyl (C=O) groups is 1. The van der Waals surface area contributed by atoms with E-state index in [9.17, 15) is 4.79 Å². The zero-order chi connectivity index (χ0) is 20.7. The molecule has 7 nitrogen and oxygen atoms in total. The SMILES string of the molecule is CC[C@@H](C)c1nc(N2CCN(C(=O)C3CC3)CC2)c2cnn(-c3ccccc3)c2n1. The van der Waals surface area contributed by atoms with Gasteiger partial charge in [0.15, 0.2) is 5.65 Å². The van der Waals surface area contributed by atoms with Crippen molar-refractivity contribution >= 4 is 22.8 Å². The quantitative estimate of drug-likeness (QED) is 0.652. The number of amides is 1. The number of para-hydroxylation sites is 1. The zero-order valence-corrected chi connectivity index (χ0v) is 17.7. The van der Waals surface area contributed by atoms with Gasteiger partial charge < -0.3 is 9.80 Å². The fourth-order valence-corrected chi connectivity index (χ4v) is 4.04. The average molecular weight is 405 g/mol. The summed E-state index contributed by atoms with van der Waals surface area (Å²) in [5.41, 5.74) is 1.84. The van der Waals surface area contributed by atoms with Crippen molar-refractivity contribution in [2.45, 2.75) is 39.0 Å². The molecular weight excluding hydrogens is 376 g/mol. The standard InChI is InChI=1S/C23H28N6O/c1-3-16(2)20-25-21(27-11-13-28(14-12-27)23(30)17-9-10-17)19-15-24-29(22(19)26-20)18-7-5-4-6-8-18/h4-8,15-17H,3,9-14H2,1-2H3/t16-/m1/s1. The third-order valence-corrected chi connectivity index (χ3v) is 6.30. The van der Waals surface area contributed by atoms with Gasteiger partial charge in [-0.25, -0.2) is 14.6 Å². The number of hydrogen-bond acceptors (Lipinski definition) is 5. The fraction of sp³-hybridized carbons (Fsp3) is 0.478. The normalized spacial score (nSPS) is 18.1. The monoisotopic (exact) mass is 404 g/mol. The van der Waals surface area contributed by atoms with Crippen LogP contribution in [0, 0.1) is 5.92 Å². The minimum Gasteiger partial charge on any atom is -0.352 e. The van der Waals surface area contributed by atoms with Gasteiger partial charge >= 0.3 is 0 Å². The summed E-state index contributed by atoms with van der Waals surface area (Å²) in [4.78, 5) is 26.6. The molecule has 3 heterocycles. The van der Waals surface area contributed by atoms with Crippen LogP contribution in [0.4, 0.5) is 5.82 Å². The highest BCUT2D eigenvalue weighted by atomic mass is 16.2. The molecule has 1 aliphatic heterocycles. The lowest BCUT2D eigenvalue weighted by Gasteiger charge is -2.36. The molecule has 1 saturated carbocycles. The first kappa shape index (κ1) is 19.0. The summed E-state index contributed by atoms with van der Waals surface area (Å²) in [6, 6.07) is 10.1. The molecule has 7 heteroatoms. The van der Waals surface area contributed by atoms with Gasteiger partial charge in [-0.1, -0.05) is 32.0 Å². The smallest absolute Gasteiger partial charge is 0.225 e. The van der Waals surface area contributed by atoms with Crippen LogP contribution in [0.5, 0.6) is 0 Å². The largest absolute Gasteiger partial charge is 0.352 e. The van der Waals surface area contributed by atoms with Crippen molar-refractivity contribution in [1.29, 1.82) is 0 Å². The van der Waals surface area contributed by atoms with E-state index in [0.717, 1.165) is 73.8 Å². The number of hydrogen-bond donors (Lipinski definition) is 0. The Bertz CT molecular complexity index is 1050. The van der Waals surface area contributed by atoms with Crippen LogP contribution in [-0.4, -0.2) is 56.7 Å². The molecule has 2 aromatic heterocycles. The molecule has 0 radical (unpaired) electrons. The summed E-state index contributed by atoms with van der Waals surface area (Å²) in [5, 5.41) is 5.61. The molecule has 0 bridgehead atoms. The van der Waals surface area contributed by atoms with Gasteiger partial charge in [0.05, 0.1) is 17.3 Å². The first-order valence-corrected chi connectivity index (χ1v) is 11.0. The predicted molar refractivity (Wildman–Crippen MR) is 117 cm³/mol. The minimum absolute atomic E-state index is 0.269. The molecule has 0 N–H and O–H groups in total. The van der Waals surface area contributed by atoms with Gasteiger partial charge in [-0.05, 0) is 31.4 Å². The Labute approximate surface area is 176 Å². The number of rotatable bonds is 5. The van der Waals surface area contributed by atoms with Crippen LogP contribution in [-0.2, 0) is 4.79 Å². The predicted octanol–water partition coefficient (Wildman–Crippen LogP) is 3.39. The number of anilines is 1. The van der Waals surface area contributed by atoms with Crippen molar-refractivity contribution in [2.75, 3.05) is 31.1 Å². The number of aromatic nitrogens is 4. The number of nitrogens with zero attached hydrogens (tertiary/aromatic N) is 6. The molecule has 2 aliphatic rings. The van der Waals surface area contributed by atoms with Crippen molar-refractivity contribution in [1.82, 2.24) is 24.6 Å². The first-order valence-electron chi connectivity index (χ1n) is 11.0. The average Bonchev–Trinajstić information content (AvgIpc) is 3.57. The second kappa shape index (κ2) is 7.70. The Balaban J connectivity index is 1.51. The van der Waals surface area contributed by atoms with E-state index in [1.165, 1.54) is 0 Å². The van der Waals surface area contributed by atoms with Crippen LogP contribution in [0.1, 0.15) is 44.9 Å². The van der Waals surface area contributed by atoms with Crippen LogP contribution in [0.15, 0.2) is 36.5 Å². The van der Waals surface area contributed by atoms with Gasteiger partial charge in [-0.15, -0.1) is 0 Å². The molecule has 0 unspecified atom stereocenters. The number of benzene rings is 1. The highest BCUT2D eigenvalue weighted by Gasteiger charge is 2.35. The molecule has 1 saturated heterocycles. The van der Waals surface area contributed by atoms with Crippen molar-refractivity contribution < 1.29 is 4.79 Å². The molecule has 156 valence electrons. The number of carbonyl (C=O) groups excluding carboxylic acids is 1. The van der Waals surface area contributed by atoms with E-state index in [-0.39, 0.29) is 11.8 Å². The highest BCUT2D eigenvalue weighted by Crippen LogP contribution is 2.32. The molecule has 30 heavy (non-hydrogen) atoms. The van der Waals surface area contributed by atoms with Crippen LogP contribution >= 0.6 is 0 Å². The Hall–Kier alpha value is -2.96. The molecule has 3 aromatic rings. The molecule has 0 spiro atoms. The Morgan fingerprint density at radius 1 is 1.10 bits per heavy atom. The molecule has 1 atom stereocenters. The lowest BCUT2D eigenvalue weighted by molar-refractivity contribution is -0.132. The van der Waals surface area contributed by atoms with Crippen LogP contribution in [0.2, 0.25) is 0 Å². The van der Waals surface area contributed by atoms with Crippen molar-refractivity contribution in [2.24, 2.45) is 5.92 Å². The lowest BCUT2D eigenvalue weighted by atomic mass is 10.1. The summed E-state index contributed by atoms with van der Waals surface area (Å²) in [6.45, 7) is 7.43. The van der Waals surface area contributed by atoms with E-state index < -0.39 is 0 Å². The summed E-state index contributed by atoms with van der Waals surface area (Å²) >= 11 is 0. The van der Waals surface area contributed by atoms with Crippen LogP contribution in [0.3, 0.4) is 0 Å². The van der Waals surface area contributed by atoms with Gasteiger partial charge in [0.2, 0.25) is 5.91 Å². The van der Waals surface area contributed by atoms with Gasteiger partial charge in [0.1, 0.15) is 11.6 Å². The second-order valence-corrected chi connectivity index (χ2v) is 8.43. The van der Waals surface area contributed by atoms with Crippen LogP contribution in [0.25, 0.3) is 16.7 Å². The zero-order valence-electron chi connectivity index (χ0n) is 17.7. The Morgan fingerprint density at radius 2 is 1.83 bits per heavy atom. The summed E-state index contributed by atoms with van der Waals surface area (Å²) in [6.07, 6.45) is 4.97. The van der Waals surface area contributed by atoms with Crippen molar-refractivity contribution in [3.63, 3.8) is 0 Å². The molecule has 5 rings (SSSR count). The van der Waals surface area contributed by atoms with Gasteiger partial charge in [-0.2, -0.15) is 5.10 Å². The Kier molecular flexibility index (Phi) is 4.89. The van der Waals surface area contributed by atoms with Gasteiger partial charge in [-0.3, -0.25) is 4.79 Å². The van der Waals surface area contributed by atoms with E-state index in [1.54, 1.807) is 0 Å². The molecule has 1 aromatic carbocycles. The van der Waals surface area contributed by atoms with E-state index >= 15 is 0 Å². The summed E-state index contributed by atoms with van der Waals surface area (Å²) < 4.78 is 1.90. The topological polar surface area (TPSA) is 67.2 Å². The first-order chi connectivity index (χ1) is 14.7. The number of fused-ring (bicyclic) bond motifs is 1. The lowest BCUT2D eigenvalue weighted by Crippen LogP contribution is -2.49. The van der Waals surface area contributed by atoms with Crippen molar-refractivity contribution in [3.05, 3.63) is 42.4 Å². The van der Waals surface area contributed by atoms with Crippen LogP contribution < -0.4 is 4.90 Å². The van der Waals surface area contributed by atoms with E-state index in [1.807, 2.05) is 46.1 Å². The fourth-order valence-electron chi connectivity index (χ4n) is 4.04. The van der Waals surface area contributed by atoms with E-state index in [4.69, 9.17) is 9.97 Å².